The highest BCUT2D eigenvalue weighted by Gasteiger charge is 2.58. The molecule has 1 aromatic rings. The lowest BCUT2D eigenvalue weighted by molar-refractivity contribution is -0.267. The molecule has 0 aromatic carbocycles. The summed E-state index contributed by atoms with van der Waals surface area (Å²) in [6.07, 6.45) is -6.58. The Balaban J connectivity index is 1.80. The van der Waals surface area contributed by atoms with Crippen molar-refractivity contribution in [3.63, 3.8) is 0 Å². The van der Waals surface area contributed by atoms with Crippen molar-refractivity contribution in [2.75, 3.05) is 39.3 Å². The normalized spacial score (nSPS) is 17.9. The van der Waals surface area contributed by atoms with Gasteiger partial charge >= 0.3 is 12.3 Å². The average molecular weight is 467 g/mol. The van der Waals surface area contributed by atoms with E-state index in [2.05, 4.69) is 10.3 Å². The van der Waals surface area contributed by atoms with E-state index in [1.54, 1.807) is 25.7 Å². The fourth-order valence-electron chi connectivity index (χ4n) is 2.97. The Morgan fingerprint density at radius 3 is 2.32 bits per heavy atom. The second-order valence-electron chi connectivity index (χ2n) is 8.49. The summed E-state index contributed by atoms with van der Waals surface area (Å²) in [5.41, 5.74) is -3.56. The van der Waals surface area contributed by atoms with E-state index < -0.39 is 34.7 Å². The number of hydrogen-bond donors (Lipinski definition) is 2. The van der Waals surface area contributed by atoms with Crippen molar-refractivity contribution in [1.82, 2.24) is 20.1 Å². The number of nitrogens with zero attached hydrogens (tertiary/aromatic N) is 3. The summed E-state index contributed by atoms with van der Waals surface area (Å²) >= 11 is 0.666. The number of alkyl halides is 3. The molecule has 12 heteroatoms. The molecule has 2 rings (SSSR count). The number of carbonyl (C=O) groups is 2. The molecule has 2 N–H and O–H groups in total. The Morgan fingerprint density at radius 1 is 1.23 bits per heavy atom. The standard InChI is InChI=1S/C19H29F3N4O4S/c1-13-12-31-15(24-13)18(29,19(20,21)22)11-14(27)23-5-6-25-7-9-26(10-8-25)16(28)30-17(2,3)4/h12,29H,5-11H2,1-4H3,(H,23,27). The smallest absolute Gasteiger partial charge is 0.424 e. The maximum atomic E-state index is 13.5. The molecule has 8 nitrogen and oxygen atoms in total. The van der Waals surface area contributed by atoms with Gasteiger partial charge in [0.2, 0.25) is 11.5 Å². The molecular formula is C19H29F3N4O4S. The van der Waals surface area contributed by atoms with Gasteiger partial charge in [-0.2, -0.15) is 13.2 Å². The number of rotatable bonds is 6. The first-order valence-electron chi connectivity index (χ1n) is 9.90. The molecule has 2 heterocycles. The van der Waals surface area contributed by atoms with Crippen molar-refractivity contribution >= 4 is 23.3 Å². The lowest BCUT2D eigenvalue weighted by atomic mass is 9.99. The van der Waals surface area contributed by atoms with Gasteiger partial charge in [-0.05, 0) is 27.7 Å². The third-order valence-electron chi connectivity index (χ3n) is 4.63. The fourth-order valence-corrected chi connectivity index (χ4v) is 3.88. The topological polar surface area (TPSA) is 95.0 Å². The number of hydrogen-bond acceptors (Lipinski definition) is 7. The van der Waals surface area contributed by atoms with Crippen LogP contribution in [0.2, 0.25) is 0 Å². The monoisotopic (exact) mass is 466 g/mol. The van der Waals surface area contributed by atoms with Crippen LogP contribution in [-0.4, -0.2) is 82.9 Å². The number of aryl methyl sites for hydroxylation is 1. The summed E-state index contributed by atoms with van der Waals surface area (Å²) in [6.45, 7) is 9.45. The van der Waals surface area contributed by atoms with Crippen LogP contribution in [0.4, 0.5) is 18.0 Å². The van der Waals surface area contributed by atoms with Gasteiger partial charge in [-0.1, -0.05) is 0 Å². The van der Waals surface area contributed by atoms with Crippen molar-refractivity contribution in [2.24, 2.45) is 0 Å². The van der Waals surface area contributed by atoms with Crippen molar-refractivity contribution in [3.8, 4) is 0 Å². The summed E-state index contributed by atoms with van der Waals surface area (Å²) in [6, 6.07) is 0. The quantitative estimate of drug-likeness (QED) is 0.668. The lowest BCUT2D eigenvalue weighted by Crippen LogP contribution is -2.51. The van der Waals surface area contributed by atoms with Crippen molar-refractivity contribution < 1.29 is 32.6 Å². The molecule has 0 spiro atoms. The van der Waals surface area contributed by atoms with Gasteiger partial charge in [0.1, 0.15) is 10.6 Å². The van der Waals surface area contributed by atoms with Crippen LogP contribution in [0.25, 0.3) is 0 Å². The molecular weight excluding hydrogens is 437 g/mol. The Hall–Kier alpha value is -1.92. The van der Waals surface area contributed by atoms with Crippen LogP contribution in [0.3, 0.4) is 0 Å². The van der Waals surface area contributed by atoms with Gasteiger partial charge in [0, 0.05) is 50.3 Å². The van der Waals surface area contributed by atoms with Crippen LogP contribution >= 0.6 is 11.3 Å². The maximum absolute atomic E-state index is 13.5. The summed E-state index contributed by atoms with van der Waals surface area (Å²) < 4.78 is 45.7. The molecule has 0 aliphatic carbocycles. The Kier molecular flexibility index (Phi) is 7.93. The van der Waals surface area contributed by atoms with E-state index in [1.165, 1.54) is 12.3 Å². The second-order valence-corrected chi connectivity index (χ2v) is 9.35. The zero-order valence-corrected chi connectivity index (χ0v) is 18.9. The molecule has 1 aliphatic rings. The number of nitrogens with one attached hydrogen (secondary N) is 1. The first-order chi connectivity index (χ1) is 14.2. The van der Waals surface area contributed by atoms with Gasteiger partial charge in [-0.3, -0.25) is 9.69 Å². The number of amides is 2. The predicted octanol–water partition coefficient (Wildman–Crippen LogP) is 2.26. The molecule has 1 atom stereocenters. The average Bonchev–Trinajstić information content (AvgIpc) is 3.06. The zero-order chi connectivity index (χ0) is 23.4. The largest absolute Gasteiger partial charge is 0.444 e. The van der Waals surface area contributed by atoms with E-state index >= 15 is 0 Å². The zero-order valence-electron chi connectivity index (χ0n) is 18.1. The number of carbonyl (C=O) groups excluding carboxylic acids is 2. The van der Waals surface area contributed by atoms with Crippen LogP contribution in [0.1, 0.15) is 37.9 Å². The molecule has 176 valence electrons. The maximum Gasteiger partial charge on any atom is 0.424 e. The molecule has 0 bridgehead atoms. The van der Waals surface area contributed by atoms with Gasteiger partial charge in [0.15, 0.2) is 0 Å². The minimum Gasteiger partial charge on any atom is -0.444 e. The first-order valence-corrected chi connectivity index (χ1v) is 10.8. The SMILES string of the molecule is Cc1csc(C(O)(CC(=O)NCCN2CCN(C(=O)OC(C)(C)C)CC2)C(F)(F)F)n1. The number of halogens is 3. The van der Waals surface area contributed by atoms with Gasteiger partial charge in [0.25, 0.3) is 0 Å². The summed E-state index contributed by atoms with van der Waals surface area (Å²) in [5, 5.41) is 13.5. The molecule has 1 aliphatic heterocycles. The predicted molar refractivity (Wildman–Crippen MR) is 109 cm³/mol. The molecule has 1 unspecified atom stereocenters. The molecule has 1 saturated heterocycles. The lowest BCUT2D eigenvalue weighted by Gasteiger charge is -2.35. The number of thiazole rings is 1. The second kappa shape index (κ2) is 9.70. The minimum atomic E-state index is -5.04. The molecule has 1 aromatic heterocycles. The number of piperazine rings is 1. The van der Waals surface area contributed by atoms with Gasteiger partial charge < -0.3 is 20.1 Å². The van der Waals surface area contributed by atoms with Crippen LogP contribution < -0.4 is 5.32 Å². The van der Waals surface area contributed by atoms with Crippen molar-refractivity contribution in [3.05, 3.63) is 16.1 Å². The highest BCUT2D eigenvalue weighted by atomic mass is 32.1. The van der Waals surface area contributed by atoms with E-state index in [-0.39, 0.29) is 12.6 Å². The number of ether oxygens (including phenoxy) is 1. The third kappa shape index (κ3) is 7.04. The Labute approximate surface area is 183 Å². The third-order valence-corrected chi connectivity index (χ3v) is 5.74. The van der Waals surface area contributed by atoms with Crippen molar-refractivity contribution in [2.45, 2.75) is 51.5 Å². The number of aromatic nitrogens is 1. The highest BCUT2D eigenvalue weighted by Crippen LogP contribution is 2.42. The summed E-state index contributed by atoms with van der Waals surface area (Å²) in [5.74, 6) is -0.917. The Morgan fingerprint density at radius 2 is 1.84 bits per heavy atom. The van der Waals surface area contributed by atoms with Crippen LogP contribution in [0, 0.1) is 6.92 Å². The van der Waals surface area contributed by atoms with E-state index in [0.717, 1.165) is 0 Å². The Bertz CT molecular complexity index is 773. The minimum absolute atomic E-state index is 0.121. The fraction of sp³-hybridized carbons (Fsp3) is 0.737. The summed E-state index contributed by atoms with van der Waals surface area (Å²) in [7, 11) is 0. The highest BCUT2D eigenvalue weighted by molar-refractivity contribution is 7.09. The first kappa shape index (κ1) is 25.3. The summed E-state index contributed by atoms with van der Waals surface area (Å²) in [4.78, 5) is 31.5. The van der Waals surface area contributed by atoms with Crippen LogP contribution in [0.5, 0.6) is 0 Å². The molecule has 2 amide bonds. The van der Waals surface area contributed by atoms with Gasteiger partial charge in [-0.15, -0.1) is 11.3 Å². The van der Waals surface area contributed by atoms with Crippen LogP contribution in [0.15, 0.2) is 5.38 Å². The van der Waals surface area contributed by atoms with Crippen molar-refractivity contribution in [1.29, 1.82) is 0 Å². The van der Waals surface area contributed by atoms with E-state index in [4.69, 9.17) is 4.74 Å². The van der Waals surface area contributed by atoms with Gasteiger partial charge in [-0.25, -0.2) is 9.78 Å². The molecule has 31 heavy (non-hydrogen) atoms. The van der Waals surface area contributed by atoms with Crippen LogP contribution in [-0.2, 0) is 15.1 Å². The van der Waals surface area contributed by atoms with E-state index in [9.17, 15) is 27.9 Å². The van der Waals surface area contributed by atoms with E-state index in [1.807, 2.05) is 4.90 Å². The molecule has 0 radical (unpaired) electrons. The van der Waals surface area contributed by atoms with Gasteiger partial charge in [0.05, 0.1) is 6.42 Å². The molecule has 0 saturated carbocycles. The number of aliphatic hydroxyl groups is 1. The van der Waals surface area contributed by atoms with E-state index in [0.29, 0.717) is 49.8 Å². The molecule has 1 fully saturated rings.